The van der Waals surface area contributed by atoms with Gasteiger partial charge in [0, 0.05) is 51.4 Å². The van der Waals surface area contributed by atoms with Gasteiger partial charge in [-0.2, -0.15) is 0 Å². The van der Waals surface area contributed by atoms with Gasteiger partial charge in [-0.25, -0.2) is 0 Å². The van der Waals surface area contributed by atoms with Crippen molar-refractivity contribution >= 4 is 11.8 Å². The van der Waals surface area contributed by atoms with Crippen LogP contribution in [-0.4, -0.2) is 86.7 Å². The fraction of sp³-hybridized carbons (Fsp3) is 0.600. The number of amides is 2. The minimum atomic E-state index is -0.330. The molecule has 28 heavy (non-hydrogen) atoms. The minimum Gasteiger partial charge on any atom is -0.497 e. The maximum Gasteiger partial charge on any atom is 0.251 e. The maximum absolute atomic E-state index is 12.6. The zero-order chi connectivity index (χ0) is 19.9. The number of nitrogens with one attached hydrogen (secondary N) is 1. The number of rotatable bonds is 7. The van der Waals surface area contributed by atoms with Crippen molar-refractivity contribution in [2.24, 2.45) is 5.73 Å². The number of carbonyl (C=O) groups excluding carboxylic acids is 2. The molecule has 2 fully saturated rings. The number of nitrogens with zero attached hydrogens (tertiary/aromatic N) is 2. The van der Waals surface area contributed by atoms with Crippen LogP contribution in [-0.2, 0) is 9.53 Å². The van der Waals surface area contributed by atoms with E-state index in [4.69, 9.17) is 15.2 Å². The summed E-state index contributed by atoms with van der Waals surface area (Å²) in [6, 6.07) is 7.04. The molecule has 0 bridgehead atoms. The zero-order valence-electron chi connectivity index (χ0n) is 16.4. The van der Waals surface area contributed by atoms with E-state index in [0.29, 0.717) is 31.7 Å². The standard InChI is InChI=1S/C20H30N4O4/c1-27-16-4-2-15(3-5-16)19(25)22-8-9-23-10-12-24(13-11-23)20(26)18-7-6-17(14-21)28-18/h2-5,17-18H,6-14,21H2,1H3,(H,22,25)/t17-,18+/m1/s1. The van der Waals surface area contributed by atoms with Gasteiger partial charge in [0.15, 0.2) is 0 Å². The van der Waals surface area contributed by atoms with Crippen LogP contribution in [0.15, 0.2) is 24.3 Å². The molecule has 2 aliphatic heterocycles. The summed E-state index contributed by atoms with van der Waals surface area (Å²) in [6.45, 7) is 4.80. The molecule has 1 aromatic carbocycles. The molecule has 0 unspecified atom stereocenters. The lowest BCUT2D eigenvalue weighted by molar-refractivity contribution is -0.144. The van der Waals surface area contributed by atoms with Gasteiger partial charge in [-0.1, -0.05) is 0 Å². The molecule has 8 nitrogen and oxygen atoms in total. The lowest BCUT2D eigenvalue weighted by atomic mass is 10.1. The molecule has 2 atom stereocenters. The normalized spacial score (nSPS) is 22.9. The van der Waals surface area contributed by atoms with Gasteiger partial charge < -0.3 is 25.4 Å². The first-order valence-electron chi connectivity index (χ1n) is 9.89. The highest BCUT2D eigenvalue weighted by Gasteiger charge is 2.33. The van der Waals surface area contributed by atoms with Crippen molar-refractivity contribution < 1.29 is 19.1 Å². The average molecular weight is 390 g/mol. The van der Waals surface area contributed by atoms with E-state index in [0.717, 1.165) is 38.2 Å². The molecule has 0 radical (unpaired) electrons. The van der Waals surface area contributed by atoms with Gasteiger partial charge in [-0.05, 0) is 37.1 Å². The second-order valence-electron chi connectivity index (χ2n) is 7.21. The number of methoxy groups -OCH3 is 1. The Hall–Kier alpha value is -2.16. The van der Waals surface area contributed by atoms with Crippen molar-refractivity contribution in [2.45, 2.75) is 25.0 Å². The quantitative estimate of drug-likeness (QED) is 0.684. The third-order valence-corrected chi connectivity index (χ3v) is 5.40. The topological polar surface area (TPSA) is 97.1 Å². The van der Waals surface area contributed by atoms with Gasteiger partial charge in [0.05, 0.1) is 13.2 Å². The largest absolute Gasteiger partial charge is 0.497 e. The molecular weight excluding hydrogens is 360 g/mol. The predicted molar refractivity (Wildman–Crippen MR) is 105 cm³/mol. The van der Waals surface area contributed by atoms with Crippen LogP contribution in [0.3, 0.4) is 0 Å². The summed E-state index contributed by atoms with van der Waals surface area (Å²) >= 11 is 0. The lowest BCUT2D eigenvalue weighted by Gasteiger charge is -2.35. The first-order valence-corrected chi connectivity index (χ1v) is 9.89. The molecule has 2 amide bonds. The van der Waals surface area contributed by atoms with Gasteiger partial charge in [0.1, 0.15) is 11.9 Å². The molecule has 0 aliphatic carbocycles. The molecule has 0 aromatic heterocycles. The first-order chi connectivity index (χ1) is 13.6. The number of carbonyl (C=O) groups is 2. The third kappa shape index (κ3) is 5.21. The number of hydrogen-bond acceptors (Lipinski definition) is 6. The second kappa shape index (κ2) is 9.86. The Bertz CT molecular complexity index is 659. The molecule has 0 spiro atoms. The number of hydrogen-bond donors (Lipinski definition) is 2. The van der Waals surface area contributed by atoms with Gasteiger partial charge in [0.25, 0.3) is 11.8 Å². The molecule has 8 heteroatoms. The second-order valence-corrected chi connectivity index (χ2v) is 7.21. The summed E-state index contributed by atoms with van der Waals surface area (Å²) in [5.74, 6) is 0.721. The van der Waals surface area contributed by atoms with Crippen LogP contribution < -0.4 is 15.8 Å². The van der Waals surface area contributed by atoms with Crippen molar-refractivity contribution in [3.8, 4) is 5.75 Å². The Balaban J connectivity index is 1.35. The Labute approximate surface area is 165 Å². The Morgan fingerprint density at radius 1 is 1.18 bits per heavy atom. The van der Waals surface area contributed by atoms with E-state index in [9.17, 15) is 9.59 Å². The highest BCUT2D eigenvalue weighted by Crippen LogP contribution is 2.21. The zero-order valence-corrected chi connectivity index (χ0v) is 16.4. The van der Waals surface area contributed by atoms with E-state index in [-0.39, 0.29) is 24.0 Å². The van der Waals surface area contributed by atoms with Crippen LogP contribution in [0.5, 0.6) is 5.75 Å². The van der Waals surface area contributed by atoms with Crippen molar-refractivity contribution in [1.82, 2.24) is 15.1 Å². The molecule has 1 aromatic rings. The molecule has 154 valence electrons. The van der Waals surface area contributed by atoms with Crippen molar-refractivity contribution in [3.05, 3.63) is 29.8 Å². The Kier molecular flexibility index (Phi) is 7.24. The molecular formula is C20H30N4O4. The molecule has 3 N–H and O–H groups in total. The van der Waals surface area contributed by atoms with E-state index in [1.165, 1.54) is 0 Å². The Morgan fingerprint density at radius 2 is 1.89 bits per heavy atom. The van der Waals surface area contributed by atoms with Crippen molar-refractivity contribution in [1.29, 1.82) is 0 Å². The monoisotopic (exact) mass is 390 g/mol. The highest BCUT2D eigenvalue weighted by atomic mass is 16.5. The number of nitrogens with two attached hydrogens (primary N) is 1. The third-order valence-electron chi connectivity index (χ3n) is 5.40. The van der Waals surface area contributed by atoms with Crippen LogP contribution in [0.25, 0.3) is 0 Å². The lowest BCUT2D eigenvalue weighted by Crippen LogP contribution is -2.52. The van der Waals surface area contributed by atoms with Crippen LogP contribution in [0.2, 0.25) is 0 Å². The summed E-state index contributed by atoms with van der Waals surface area (Å²) in [5.41, 5.74) is 6.23. The molecule has 3 rings (SSSR count). The summed E-state index contributed by atoms with van der Waals surface area (Å²) in [6.07, 6.45) is 1.31. The van der Waals surface area contributed by atoms with Crippen LogP contribution in [0.4, 0.5) is 0 Å². The minimum absolute atomic E-state index is 0.0181. The average Bonchev–Trinajstić information content (AvgIpc) is 3.23. The van der Waals surface area contributed by atoms with E-state index in [1.807, 2.05) is 4.90 Å². The van der Waals surface area contributed by atoms with Gasteiger partial charge in [-0.3, -0.25) is 14.5 Å². The van der Waals surface area contributed by atoms with E-state index in [2.05, 4.69) is 10.2 Å². The SMILES string of the molecule is COc1ccc(C(=O)NCCN2CCN(C(=O)[C@@H]3CC[C@H](CN)O3)CC2)cc1. The number of piperazine rings is 1. The van der Waals surface area contributed by atoms with Crippen LogP contribution >= 0.6 is 0 Å². The summed E-state index contributed by atoms with van der Waals surface area (Å²) in [5, 5.41) is 2.94. The van der Waals surface area contributed by atoms with Crippen molar-refractivity contribution in [2.75, 3.05) is 52.9 Å². The smallest absolute Gasteiger partial charge is 0.251 e. The fourth-order valence-corrected chi connectivity index (χ4v) is 3.63. The van der Waals surface area contributed by atoms with Gasteiger partial charge in [-0.15, -0.1) is 0 Å². The van der Waals surface area contributed by atoms with Gasteiger partial charge in [0.2, 0.25) is 0 Å². The molecule has 2 heterocycles. The number of ether oxygens (including phenoxy) is 2. The summed E-state index contributed by atoms with van der Waals surface area (Å²) in [4.78, 5) is 28.9. The van der Waals surface area contributed by atoms with Crippen molar-refractivity contribution in [3.63, 3.8) is 0 Å². The fourth-order valence-electron chi connectivity index (χ4n) is 3.63. The molecule has 2 saturated heterocycles. The molecule has 2 aliphatic rings. The van der Waals surface area contributed by atoms with E-state index in [1.54, 1.807) is 31.4 Å². The predicted octanol–water partition coefficient (Wildman–Crippen LogP) is 0.0755. The maximum atomic E-state index is 12.6. The van der Waals surface area contributed by atoms with Gasteiger partial charge >= 0.3 is 0 Å². The summed E-state index contributed by atoms with van der Waals surface area (Å²) < 4.78 is 10.8. The van der Waals surface area contributed by atoms with Crippen LogP contribution in [0.1, 0.15) is 23.2 Å². The first kappa shape index (κ1) is 20.6. The highest BCUT2D eigenvalue weighted by molar-refractivity contribution is 5.94. The van der Waals surface area contributed by atoms with E-state index < -0.39 is 0 Å². The van der Waals surface area contributed by atoms with Crippen LogP contribution in [0, 0.1) is 0 Å². The van der Waals surface area contributed by atoms with E-state index >= 15 is 0 Å². The molecule has 0 saturated carbocycles. The number of benzene rings is 1. The Morgan fingerprint density at radius 3 is 2.50 bits per heavy atom. The summed E-state index contributed by atoms with van der Waals surface area (Å²) in [7, 11) is 1.60.